The van der Waals surface area contributed by atoms with Crippen molar-refractivity contribution in [1.29, 1.82) is 0 Å². The average molecular weight is 651 g/mol. The highest BCUT2D eigenvalue weighted by Crippen LogP contribution is 2.34. The van der Waals surface area contributed by atoms with Crippen LogP contribution in [0.3, 0.4) is 0 Å². The van der Waals surface area contributed by atoms with Crippen LogP contribution in [-0.4, -0.2) is 17.9 Å². The number of aromatic nitrogens is 1. The van der Waals surface area contributed by atoms with E-state index in [1.807, 2.05) is 36.6 Å². The zero-order chi connectivity index (χ0) is 34.7. The third kappa shape index (κ3) is 7.62. The summed E-state index contributed by atoms with van der Waals surface area (Å²) < 4.78 is 8.36. The van der Waals surface area contributed by atoms with Gasteiger partial charge in [-0.1, -0.05) is 122 Å². The van der Waals surface area contributed by atoms with Crippen molar-refractivity contribution in [3.05, 3.63) is 185 Å². The Morgan fingerprint density at radius 1 is 0.800 bits per heavy atom. The van der Waals surface area contributed by atoms with Gasteiger partial charge in [0, 0.05) is 34.7 Å². The summed E-state index contributed by atoms with van der Waals surface area (Å²) in [6.07, 6.45) is 19.1. The normalized spacial score (nSPS) is 12.9. The number of rotatable bonds is 12. The molecule has 50 heavy (non-hydrogen) atoms. The molecule has 0 saturated heterocycles. The number of fused-ring (bicyclic) bond motifs is 3. The van der Waals surface area contributed by atoms with Crippen molar-refractivity contribution in [3.8, 4) is 18.0 Å². The van der Waals surface area contributed by atoms with Gasteiger partial charge in [0.25, 0.3) is 0 Å². The lowest BCUT2D eigenvalue weighted by Crippen LogP contribution is -1.98. The molecule has 3 heteroatoms. The Balaban J connectivity index is 1.43. The molecule has 1 heterocycles. The van der Waals surface area contributed by atoms with Crippen molar-refractivity contribution in [2.75, 3.05) is 7.11 Å². The van der Waals surface area contributed by atoms with Crippen LogP contribution in [-0.2, 0) is 11.2 Å². The minimum atomic E-state index is 0.585. The summed E-state index contributed by atoms with van der Waals surface area (Å²) in [4.78, 5) is 5.05. The van der Waals surface area contributed by atoms with Crippen molar-refractivity contribution < 1.29 is 4.74 Å². The molecule has 6 rings (SSSR count). The standard InChI is InChI=1S/C47H42N2O/c1-5-8-11-22-37(6-2)39-23-18-21-36(30-39)34-48-44(31-35-19-12-9-13-20-35)47(50-4)33-38(7-3)40-28-29-46-43(32-40)42-26-16-17-27-45(42)49(46)41-24-14-10-15-25-41/h3,5,8-10,12-30,32-34H,6,11,31H2,1-2,4H3/b8-5-,37-22+,38-33+,47-44-,48-34?. The third-order valence-electron chi connectivity index (χ3n) is 8.89. The second-order valence-electron chi connectivity index (χ2n) is 12.1. The van der Waals surface area contributed by atoms with Crippen LogP contribution >= 0.6 is 0 Å². The van der Waals surface area contributed by atoms with Gasteiger partial charge in [0.15, 0.2) is 0 Å². The number of ether oxygens (including phenoxy) is 1. The highest BCUT2D eigenvalue weighted by molar-refractivity contribution is 6.10. The van der Waals surface area contributed by atoms with E-state index in [0.29, 0.717) is 12.2 Å². The van der Waals surface area contributed by atoms with Gasteiger partial charge in [-0.05, 0) is 90.1 Å². The Kier molecular flexibility index (Phi) is 11.0. The van der Waals surface area contributed by atoms with Crippen LogP contribution in [0, 0.1) is 12.3 Å². The number of para-hydroxylation sites is 2. The molecular weight excluding hydrogens is 609 g/mol. The monoisotopic (exact) mass is 650 g/mol. The van der Waals surface area contributed by atoms with Gasteiger partial charge in [0.2, 0.25) is 0 Å². The van der Waals surface area contributed by atoms with Crippen LogP contribution in [0.2, 0.25) is 0 Å². The van der Waals surface area contributed by atoms with E-state index in [0.717, 1.165) is 62.9 Å². The number of nitrogens with zero attached hydrogens (tertiary/aromatic N) is 2. The van der Waals surface area contributed by atoms with Crippen LogP contribution in [0.4, 0.5) is 0 Å². The summed E-state index contributed by atoms with van der Waals surface area (Å²) in [5.74, 6) is 3.58. The summed E-state index contributed by atoms with van der Waals surface area (Å²) >= 11 is 0. The van der Waals surface area contributed by atoms with Crippen molar-refractivity contribution in [3.63, 3.8) is 0 Å². The summed E-state index contributed by atoms with van der Waals surface area (Å²) in [6, 6.07) is 44.3. The summed E-state index contributed by atoms with van der Waals surface area (Å²) in [5, 5.41) is 2.31. The number of hydrogen-bond donors (Lipinski definition) is 0. The number of hydrogen-bond acceptors (Lipinski definition) is 2. The molecule has 0 atom stereocenters. The molecule has 246 valence electrons. The van der Waals surface area contributed by atoms with Crippen molar-refractivity contribution >= 4 is 39.2 Å². The highest BCUT2D eigenvalue weighted by atomic mass is 16.5. The number of terminal acetylenes is 1. The van der Waals surface area contributed by atoms with Crippen LogP contribution in [0.1, 0.15) is 48.9 Å². The van der Waals surface area contributed by atoms with E-state index in [4.69, 9.17) is 16.2 Å². The lowest BCUT2D eigenvalue weighted by atomic mass is 10.00. The van der Waals surface area contributed by atoms with E-state index in [2.05, 4.69) is 146 Å². The molecule has 0 spiro atoms. The largest absolute Gasteiger partial charge is 0.495 e. The fraction of sp³-hybridized carbons (Fsp3) is 0.128. The molecule has 5 aromatic carbocycles. The number of aliphatic imine (C=N–C) groups is 1. The first-order chi connectivity index (χ1) is 24.6. The predicted octanol–water partition coefficient (Wildman–Crippen LogP) is 11.8. The van der Waals surface area contributed by atoms with Gasteiger partial charge in [-0.25, -0.2) is 0 Å². The maximum absolute atomic E-state index is 6.23. The molecule has 0 aliphatic rings. The van der Waals surface area contributed by atoms with Crippen molar-refractivity contribution in [1.82, 2.24) is 4.57 Å². The van der Waals surface area contributed by atoms with Crippen LogP contribution in [0.15, 0.2) is 168 Å². The second-order valence-corrected chi connectivity index (χ2v) is 12.1. The summed E-state index contributed by atoms with van der Waals surface area (Å²) in [6.45, 7) is 4.25. The molecule has 0 amide bonds. The number of benzene rings is 5. The molecule has 0 saturated carbocycles. The molecule has 0 aliphatic carbocycles. The van der Waals surface area contributed by atoms with Crippen LogP contribution < -0.4 is 0 Å². The molecule has 0 unspecified atom stereocenters. The first-order valence-electron chi connectivity index (χ1n) is 17.2. The maximum atomic E-state index is 6.23. The molecule has 6 aromatic rings. The fourth-order valence-electron chi connectivity index (χ4n) is 6.36. The zero-order valence-electron chi connectivity index (χ0n) is 29.0. The molecule has 0 bridgehead atoms. The molecule has 0 radical (unpaired) electrons. The Hall–Kier alpha value is -6.11. The molecular formula is C47H42N2O. The van der Waals surface area contributed by atoms with E-state index in [-0.39, 0.29) is 0 Å². The van der Waals surface area contributed by atoms with Crippen molar-refractivity contribution in [2.24, 2.45) is 4.99 Å². The quantitative estimate of drug-likeness (QED) is 0.0426. The van der Waals surface area contributed by atoms with E-state index in [1.165, 1.54) is 16.5 Å². The highest BCUT2D eigenvalue weighted by Gasteiger charge is 2.14. The molecule has 0 N–H and O–H groups in total. The van der Waals surface area contributed by atoms with Gasteiger partial charge in [-0.3, -0.25) is 4.99 Å². The molecule has 1 aromatic heterocycles. The topological polar surface area (TPSA) is 26.5 Å². The average Bonchev–Trinajstić information content (AvgIpc) is 3.50. The maximum Gasteiger partial charge on any atom is 0.141 e. The van der Waals surface area contributed by atoms with Gasteiger partial charge in [0.1, 0.15) is 5.76 Å². The van der Waals surface area contributed by atoms with Gasteiger partial charge in [-0.15, -0.1) is 6.42 Å². The first-order valence-corrected chi connectivity index (χ1v) is 17.2. The fourth-order valence-corrected chi connectivity index (χ4v) is 6.36. The summed E-state index contributed by atoms with van der Waals surface area (Å²) in [7, 11) is 1.68. The first kappa shape index (κ1) is 33.8. The molecule has 0 fully saturated rings. The molecule has 0 aliphatic heterocycles. The van der Waals surface area contributed by atoms with E-state index >= 15 is 0 Å². The van der Waals surface area contributed by atoms with Gasteiger partial charge in [0.05, 0.1) is 23.8 Å². The minimum absolute atomic E-state index is 0.585. The van der Waals surface area contributed by atoms with Crippen LogP contribution in [0.25, 0.3) is 38.6 Å². The van der Waals surface area contributed by atoms with Crippen LogP contribution in [0.5, 0.6) is 0 Å². The lowest BCUT2D eigenvalue weighted by Gasteiger charge is -2.11. The zero-order valence-corrected chi connectivity index (χ0v) is 29.0. The van der Waals surface area contributed by atoms with Crippen molar-refractivity contribution in [2.45, 2.75) is 33.1 Å². The summed E-state index contributed by atoms with van der Waals surface area (Å²) in [5.41, 5.74) is 10.5. The van der Waals surface area contributed by atoms with Gasteiger partial charge in [-0.2, -0.15) is 0 Å². The van der Waals surface area contributed by atoms with Gasteiger partial charge >= 0.3 is 0 Å². The SMILES string of the molecule is C#C/C(=C\C(OC)=C(/Cc1ccccc1)N=Cc1cccc(/C(=C/C/C=C\C)CC)c1)c1ccc2c(c1)c1ccccc1n2-c1ccccc1. The number of allylic oxidation sites excluding steroid dienone is 7. The van der Waals surface area contributed by atoms with E-state index in [1.54, 1.807) is 7.11 Å². The number of methoxy groups -OCH3 is 1. The Bertz CT molecular complexity index is 2290. The minimum Gasteiger partial charge on any atom is -0.495 e. The smallest absolute Gasteiger partial charge is 0.141 e. The predicted molar refractivity (Wildman–Crippen MR) is 214 cm³/mol. The lowest BCUT2D eigenvalue weighted by molar-refractivity contribution is 0.301. The Labute approximate surface area is 296 Å². The van der Waals surface area contributed by atoms with E-state index in [9.17, 15) is 0 Å². The second kappa shape index (κ2) is 16.3. The van der Waals surface area contributed by atoms with Gasteiger partial charge < -0.3 is 9.30 Å². The Morgan fingerprint density at radius 3 is 2.28 bits per heavy atom. The Morgan fingerprint density at radius 2 is 1.54 bits per heavy atom. The third-order valence-corrected chi connectivity index (χ3v) is 8.89. The van der Waals surface area contributed by atoms with E-state index < -0.39 is 0 Å². The molecule has 3 nitrogen and oxygen atoms in total.